The molecule has 8 heteroatoms. The summed E-state index contributed by atoms with van der Waals surface area (Å²) in [6, 6.07) is 4.73. The first-order valence-corrected chi connectivity index (χ1v) is 8.95. The number of amides is 1. The van der Waals surface area contributed by atoms with Crippen molar-refractivity contribution in [2.45, 2.75) is 6.04 Å². The van der Waals surface area contributed by atoms with Crippen molar-refractivity contribution in [2.24, 2.45) is 0 Å². The lowest BCUT2D eigenvalue weighted by Gasteiger charge is -2.34. The Morgan fingerprint density at radius 1 is 1.29 bits per heavy atom. The van der Waals surface area contributed by atoms with E-state index < -0.39 is 6.04 Å². The van der Waals surface area contributed by atoms with Gasteiger partial charge in [0.1, 0.15) is 12.3 Å². The highest BCUT2D eigenvalue weighted by Gasteiger charge is 2.32. The van der Waals surface area contributed by atoms with Crippen LogP contribution < -0.4 is 20.1 Å². The van der Waals surface area contributed by atoms with Gasteiger partial charge in [0.2, 0.25) is 0 Å². The topological polar surface area (TPSA) is 93.0 Å². The SMILES string of the molecule is COc1cc2c(cc1OC)C(=CN1CCNCC1C(=O)c1ccoc1)C(=O)N2. The standard InChI is InChI=1S/C20H21N3O5/c1-26-17-7-13-14(20(25)22-15(13)8-18(17)27-2)10-23-5-4-21-9-16(23)19(24)12-3-6-28-11-12/h3,6-8,10-11,16,21H,4-5,9H2,1-2H3,(H,22,25). The minimum Gasteiger partial charge on any atom is -0.493 e. The maximum atomic E-state index is 12.8. The van der Waals surface area contributed by atoms with Crippen molar-refractivity contribution in [1.82, 2.24) is 10.2 Å². The maximum Gasteiger partial charge on any atom is 0.257 e. The Labute approximate surface area is 162 Å². The van der Waals surface area contributed by atoms with Crippen LogP contribution in [0.15, 0.2) is 41.3 Å². The van der Waals surface area contributed by atoms with Crippen molar-refractivity contribution >= 4 is 23.0 Å². The lowest BCUT2D eigenvalue weighted by atomic mass is 10.0. The summed E-state index contributed by atoms with van der Waals surface area (Å²) < 4.78 is 15.7. The normalized spacial score (nSPS) is 20.1. The van der Waals surface area contributed by atoms with Crippen molar-refractivity contribution in [1.29, 1.82) is 0 Å². The zero-order valence-electron chi connectivity index (χ0n) is 15.7. The number of anilines is 1. The highest BCUT2D eigenvalue weighted by molar-refractivity contribution is 6.31. The summed E-state index contributed by atoms with van der Waals surface area (Å²) in [6.45, 7) is 1.82. The number of piperazine rings is 1. The zero-order valence-corrected chi connectivity index (χ0v) is 15.7. The molecule has 1 saturated heterocycles. The first-order chi connectivity index (χ1) is 13.6. The van der Waals surface area contributed by atoms with Crippen LogP contribution in [-0.2, 0) is 4.79 Å². The van der Waals surface area contributed by atoms with Crippen LogP contribution in [0.4, 0.5) is 5.69 Å². The van der Waals surface area contributed by atoms with Gasteiger partial charge in [-0.15, -0.1) is 0 Å². The van der Waals surface area contributed by atoms with Crippen LogP contribution in [0.3, 0.4) is 0 Å². The van der Waals surface area contributed by atoms with Crippen LogP contribution in [0.5, 0.6) is 11.5 Å². The number of nitrogens with zero attached hydrogens (tertiary/aromatic N) is 1. The third kappa shape index (κ3) is 3.11. The number of furan rings is 1. The van der Waals surface area contributed by atoms with Gasteiger partial charge in [0.25, 0.3) is 5.91 Å². The molecule has 2 aromatic rings. The van der Waals surface area contributed by atoms with E-state index in [1.165, 1.54) is 12.5 Å². The van der Waals surface area contributed by atoms with Crippen molar-refractivity contribution in [2.75, 3.05) is 39.2 Å². The van der Waals surface area contributed by atoms with E-state index in [4.69, 9.17) is 13.9 Å². The number of hydrogen-bond donors (Lipinski definition) is 2. The molecule has 2 aliphatic rings. The lowest BCUT2D eigenvalue weighted by molar-refractivity contribution is -0.110. The van der Waals surface area contributed by atoms with E-state index in [9.17, 15) is 9.59 Å². The molecule has 0 spiro atoms. The highest BCUT2D eigenvalue weighted by Crippen LogP contribution is 2.40. The number of ketones is 1. The molecule has 2 N–H and O–H groups in total. The molecule has 0 bridgehead atoms. The second-order valence-corrected chi connectivity index (χ2v) is 6.58. The molecule has 8 nitrogen and oxygen atoms in total. The van der Waals surface area contributed by atoms with E-state index in [1.807, 2.05) is 4.90 Å². The summed E-state index contributed by atoms with van der Waals surface area (Å²) in [4.78, 5) is 27.4. The third-order valence-electron chi connectivity index (χ3n) is 4.99. The molecule has 3 heterocycles. The monoisotopic (exact) mass is 383 g/mol. The number of nitrogens with one attached hydrogen (secondary N) is 2. The minimum atomic E-state index is -0.421. The Bertz CT molecular complexity index is 936. The molecular formula is C20H21N3O5. The van der Waals surface area contributed by atoms with Gasteiger partial charge in [-0.25, -0.2) is 0 Å². The van der Waals surface area contributed by atoms with Crippen LogP contribution in [0.25, 0.3) is 5.57 Å². The van der Waals surface area contributed by atoms with E-state index in [-0.39, 0.29) is 11.7 Å². The largest absolute Gasteiger partial charge is 0.493 e. The molecule has 1 amide bonds. The zero-order chi connectivity index (χ0) is 19.7. The van der Waals surface area contributed by atoms with Gasteiger partial charge in [0, 0.05) is 37.5 Å². The molecule has 1 fully saturated rings. The Balaban J connectivity index is 1.70. The molecule has 0 aliphatic carbocycles. The first-order valence-electron chi connectivity index (χ1n) is 8.95. The van der Waals surface area contributed by atoms with E-state index in [1.54, 1.807) is 38.6 Å². The van der Waals surface area contributed by atoms with Crippen molar-refractivity contribution in [3.8, 4) is 11.5 Å². The molecule has 28 heavy (non-hydrogen) atoms. The first kappa shape index (κ1) is 18.1. The predicted octanol–water partition coefficient (Wildman–Crippen LogP) is 1.75. The summed E-state index contributed by atoms with van der Waals surface area (Å²) in [5, 5.41) is 6.09. The smallest absolute Gasteiger partial charge is 0.257 e. The molecule has 146 valence electrons. The highest BCUT2D eigenvalue weighted by atomic mass is 16.5. The van der Waals surface area contributed by atoms with Gasteiger partial charge in [-0.3, -0.25) is 9.59 Å². The molecule has 2 aliphatic heterocycles. The van der Waals surface area contributed by atoms with Crippen molar-refractivity contribution in [3.63, 3.8) is 0 Å². The number of Topliss-reactive ketones (excluding diaryl/α,β-unsaturated/α-hetero) is 1. The van der Waals surface area contributed by atoms with E-state index in [0.29, 0.717) is 41.4 Å². The number of benzene rings is 1. The van der Waals surface area contributed by atoms with Gasteiger partial charge in [-0.05, 0) is 12.1 Å². The summed E-state index contributed by atoms with van der Waals surface area (Å²) in [5.41, 5.74) is 2.38. The van der Waals surface area contributed by atoms with E-state index >= 15 is 0 Å². The average molecular weight is 383 g/mol. The summed E-state index contributed by atoms with van der Waals surface area (Å²) in [6.07, 6.45) is 4.68. The Morgan fingerprint density at radius 3 is 2.79 bits per heavy atom. The number of rotatable bonds is 5. The number of ether oxygens (including phenoxy) is 2. The molecular weight excluding hydrogens is 362 g/mol. The second-order valence-electron chi connectivity index (χ2n) is 6.58. The van der Waals surface area contributed by atoms with Gasteiger partial charge < -0.3 is 29.4 Å². The minimum absolute atomic E-state index is 0.0521. The van der Waals surface area contributed by atoms with Crippen LogP contribution in [0.1, 0.15) is 15.9 Å². The molecule has 4 rings (SSSR count). The Morgan fingerprint density at radius 2 is 2.07 bits per heavy atom. The van der Waals surface area contributed by atoms with E-state index in [0.717, 1.165) is 12.1 Å². The number of hydrogen-bond acceptors (Lipinski definition) is 7. The second kappa shape index (κ2) is 7.40. The molecule has 1 atom stereocenters. The summed E-state index contributed by atoms with van der Waals surface area (Å²) in [5.74, 6) is 0.801. The quantitative estimate of drug-likeness (QED) is 0.600. The number of carbonyl (C=O) groups is 2. The summed E-state index contributed by atoms with van der Waals surface area (Å²) in [7, 11) is 3.10. The van der Waals surface area contributed by atoms with Crippen LogP contribution in [-0.4, -0.2) is 56.5 Å². The van der Waals surface area contributed by atoms with Gasteiger partial charge in [0.05, 0.1) is 37.3 Å². The van der Waals surface area contributed by atoms with Crippen LogP contribution >= 0.6 is 0 Å². The molecule has 0 saturated carbocycles. The van der Waals surface area contributed by atoms with Gasteiger partial charge in [-0.2, -0.15) is 0 Å². The number of methoxy groups -OCH3 is 2. The third-order valence-corrected chi connectivity index (χ3v) is 4.99. The average Bonchev–Trinajstić information content (AvgIpc) is 3.35. The molecule has 1 unspecified atom stereocenters. The Kier molecular flexibility index (Phi) is 4.79. The van der Waals surface area contributed by atoms with Gasteiger partial charge >= 0.3 is 0 Å². The number of fused-ring (bicyclic) bond motifs is 1. The van der Waals surface area contributed by atoms with E-state index in [2.05, 4.69) is 10.6 Å². The van der Waals surface area contributed by atoms with Gasteiger partial charge in [0.15, 0.2) is 17.3 Å². The number of carbonyl (C=O) groups excluding carboxylic acids is 2. The van der Waals surface area contributed by atoms with Gasteiger partial charge in [-0.1, -0.05) is 0 Å². The summed E-state index contributed by atoms with van der Waals surface area (Å²) >= 11 is 0. The fraction of sp³-hybridized carbons (Fsp3) is 0.300. The fourth-order valence-corrected chi connectivity index (χ4v) is 3.53. The fourth-order valence-electron chi connectivity index (χ4n) is 3.53. The Hall–Kier alpha value is -3.26. The lowest BCUT2D eigenvalue weighted by Crippen LogP contribution is -2.52. The van der Waals surface area contributed by atoms with Crippen molar-refractivity contribution in [3.05, 3.63) is 48.1 Å². The van der Waals surface area contributed by atoms with Crippen LogP contribution in [0, 0.1) is 0 Å². The maximum absolute atomic E-state index is 12.8. The predicted molar refractivity (Wildman–Crippen MR) is 103 cm³/mol. The molecule has 1 aromatic heterocycles. The molecule has 0 radical (unpaired) electrons. The van der Waals surface area contributed by atoms with Crippen LogP contribution in [0.2, 0.25) is 0 Å². The van der Waals surface area contributed by atoms with Crippen molar-refractivity contribution < 1.29 is 23.5 Å². The molecule has 1 aromatic carbocycles.